The lowest BCUT2D eigenvalue weighted by Crippen LogP contribution is -2.20. The van der Waals surface area contributed by atoms with Crippen LogP contribution in [-0.2, 0) is 18.2 Å². The highest BCUT2D eigenvalue weighted by Crippen LogP contribution is 2.37. The number of carbonyl (C=O) groups excluding carboxylic acids is 1. The van der Waals surface area contributed by atoms with Gasteiger partial charge in [0.05, 0.1) is 30.5 Å². The SMILES string of the molecule is CCOC(=O)c1c(OCC(F)(F)F)c2cc(Nc3cccc(OC)c3)c(CC)nc2n1C. The zero-order valence-corrected chi connectivity index (χ0v) is 18.2. The number of hydrogen-bond acceptors (Lipinski definition) is 6. The van der Waals surface area contributed by atoms with E-state index in [0.717, 1.165) is 0 Å². The van der Waals surface area contributed by atoms with Crippen LogP contribution < -0.4 is 14.8 Å². The van der Waals surface area contributed by atoms with Crippen molar-refractivity contribution in [1.29, 1.82) is 0 Å². The van der Waals surface area contributed by atoms with Crippen molar-refractivity contribution >= 4 is 28.4 Å². The Balaban J connectivity index is 2.16. The first-order valence-electron chi connectivity index (χ1n) is 9.98. The molecule has 1 N–H and O–H groups in total. The molecule has 2 aromatic heterocycles. The number of aryl methyl sites for hydroxylation is 2. The third kappa shape index (κ3) is 4.90. The lowest BCUT2D eigenvalue weighted by atomic mass is 10.2. The van der Waals surface area contributed by atoms with Gasteiger partial charge in [0.15, 0.2) is 18.1 Å². The number of nitrogens with one attached hydrogen (secondary N) is 1. The van der Waals surface area contributed by atoms with Crippen molar-refractivity contribution in [3.8, 4) is 11.5 Å². The number of aromatic nitrogens is 2. The molecule has 3 rings (SSSR count). The fourth-order valence-corrected chi connectivity index (χ4v) is 3.31. The summed E-state index contributed by atoms with van der Waals surface area (Å²) in [5, 5.41) is 3.49. The van der Waals surface area contributed by atoms with Crippen molar-refractivity contribution in [1.82, 2.24) is 9.55 Å². The van der Waals surface area contributed by atoms with Gasteiger partial charge in [-0.3, -0.25) is 0 Å². The maximum atomic E-state index is 12.9. The molecule has 10 heteroatoms. The fourth-order valence-electron chi connectivity index (χ4n) is 3.31. The first-order chi connectivity index (χ1) is 15.2. The Kier molecular flexibility index (Phi) is 6.81. The second-order valence-corrected chi connectivity index (χ2v) is 6.93. The molecule has 2 heterocycles. The Labute approximate surface area is 183 Å². The number of alkyl halides is 3. The molecule has 0 fully saturated rings. The van der Waals surface area contributed by atoms with Crippen molar-refractivity contribution in [2.24, 2.45) is 7.05 Å². The molecule has 0 aliphatic heterocycles. The topological polar surface area (TPSA) is 74.6 Å². The number of halogens is 3. The highest BCUT2D eigenvalue weighted by atomic mass is 19.4. The summed E-state index contributed by atoms with van der Waals surface area (Å²) in [6.45, 7) is 2.03. The van der Waals surface area contributed by atoms with Gasteiger partial charge in [0.25, 0.3) is 0 Å². The van der Waals surface area contributed by atoms with E-state index in [-0.39, 0.29) is 23.4 Å². The minimum Gasteiger partial charge on any atom is -0.497 e. The molecule has 0 aliphatic rings. The van der Waals surface area contributed by atoms with Crippen LogP contribution in [0, 0.1) is 0 Å². The molecule has 0 amide bonds. The molecule has 0 atom stereocenters. The summed E-state index contributed by atoms with van der Waals surface area (Å²) in [5.41, 5.74) is 2.14. The number of esters is 1. The van der Waals surface area contributed by atoms with Crippen molar-refractivity contribution in [3.05, 3.63) is 41.7 Å². The average Bonchev–Trinajstić information content (AvgIpc) is 3.02. The van der Waals surface area contributed by atoms with Crippen molar-refractivity contribution < 1.29 is 32.2 Å². The van der Waals surface area contributed by atoms with Crippen LogP contribution in [0.4, 0.5) is 24.5 Å². The molecule has 0 radical (unpaired) electrons. The molecule has 7 nitrogen and oxygen atoms in total. The van der Waals surface area contributed by atoms with Crippen LogP contribution in [0.2, 0.25) is 0 Å². The Morgan fingerprint density at radius 1 is 1.22 bits per heavy atom. The number of rotatable bonds is 8. The van der Waals surface area contributed by atoms with Gasteiger partial charge in [-0.25, -0.2) is 9.78 Å². The first kappa shape index (κ1) is 23.2. The maximum absolute atomic E-state index is 12.9. The Hall–Kier alpha value is -3.43. The summed E-state index contributed by atoms with van der Waals surface area (Å²) in [5.74, 6) is -0.367. The van der Waals surface area contributed by atoms with E-state index in [2.05, 4.69) is 10.3 Å². The summed E-state index contributed by atoms with van der Waals surface area (Å²) in [4.78, 5) is 17.1. The lowest BCUT2D eigenvalue weighted by molar-refractivity contribution is -0.153. The summed E-state index contributed by atoms with van der Waals surface area (Å²) in [7, 11) is 3.09. The van der Waals surface area contributed by atoms with E-state index in [0.29, 0.717) is 34.9 Å². The molecule has 0 saturated heterocycles. The predicted molar refractivity (Wildman–Crippen MR) is 114 cm³/mol. The van der Waals surface area contributed by atoms with E-state index in [4.69, 9.17) is 14.2 Å². The highest BCUT2D eigenvalue weighted by Gasteiger charge is 2.32. The van der Waals surface area contributed by atoms with Crippen LogP contribution in [0.1, 0.15) is 30.0 Å². The van der Waals surface area contributed by atoms with Gasteiger partial charge in [-0.05, 0) is 31.5 Å². The predicted octanol–water partition coefficient (Wildman–Crippen LogP) is 5.01. The number of benzene rings is 1. The number of nitrogens with zero attached hydrogens (tertiary/aromatic N) is 2. The minimum atomic E-state index is -4.58. The quantitative estimate of drug-likeness (QED) is 0.486. The summed E-state index contributed by atoms with van der Waals surface area (Å²) in [6.07, 6.45) is -4.03. The van der Waals surface area contributed by atoms with Gasteiger partial charge in [-0.15, -0.1) is 0 Å². The Bertz CT molecular complexity index is 1130. The molecule has 1 aromatic carbocycles. The third-order valence-corrected chi connectivity index (χ3v) is 4.73. The zero-order valence-electron chi connectivity index (χ0n) is 18.2. The summed E-state index contributed by atoms with van der Waals surface area (Å²) < 4.78 is 55.4. The Morgan fingerprint density at radius 3 is 2.59 bits per heavy atom. The summed E-state index contributed by atoms with van der Waals surface area (Å²) >= 11 is 0. The number of fused-ring (bicyclic) bond motifs is 1. The molecule has 0 saturated carbocycles. The standard InChI is InChI=1S/C22H24F3N3O4/c1-5-16-17(26-13-8-7-9-14(10-13)30-4)11-15-19(32-12-22(23,24)25)18(21(29)31-6-2)28(3)20(15)27-16/h7-11,26H,5-6,12H2,1-4H3. The van der Waals surface area contributed by atoms with Gasteiger partial charge in [0, 0.05) is 18.8 Å². The van der Waals surface area contributed by atoms with Crippen molar-refractivity contribution in [2.75, 3.05) is 25.6 Å². The van der Waals surface area contributed by atoms with Crippen LogP contribution in [0.15, 0.2) is 30.3 Å². The number of carbonyl (C=O) groups is 1. The van der Waals surface area contributed by atoms with Gasteiger partial charge in [0.2, 0.25) is 0 Å². The molecular weight excluding hydrogens is 427 g/mol. The molecule has 0 bridgehead atoms. The van der Waals surface area contributed by atoms with Crippen LogP contribution in [0.3, 0.4) is 0 Å². The van der Waals surface area contributed by atoms with E-state index in [1.165, 1.54) is 11.6 Å². The van der Waals surface area contributed by atoms with E-state index in [1.54, 1.807) is 38.3 Å². The van der Waals surface area contributed by atoms with Crippen molar-refractivity contribution in [2.45, 2.75) is 26.4 Å². The molecular formula is C22H24F3N3O4. The smallest absolute Gasteiger partial charge is 0.422 e. The summed E-state index contributed by atoms with van der Waals surface area (Å²) in [6, 6.07) is 8.83. The van der Waals surface area contributed by atoms with Gasteiger partial charge in [-0.1, -0.05) is 13.0 Å². The van der Waals surface area contributed by atoms with Crippen LogP contribution in [0.25, 0.3) is 11.0 Å². The number of methoxy groups -OCH3 is 1. The molecule has 32 heavy (non-hydrogen) atoms. The van der Waals surface area contributed by atoms with E-state index >= 15 is 0 Å². The van der Waals surface area contributed by atoms with Crippen molar-refractivity contribution in [3.63, 3.8) is 0 Å². The van der Waals surface area contributed by atoms with Crippen LogP contribution in [-0.4, -0.2) is 42.0 Å². The Morgan fingerprint density at radius 2 is 1.97 bits per heavy atom. The van der Waals surface area contributed by atoms with Gasteiger partial charge < -0.3 is 24.1 Å². The van der Waals surface area contributed by atoms with E-state index in [9.17, 15) is 18.0 Å². The average molecular weight is 451 g/mol. The van der Waals surface area contributed by atoms with E-state index in [1.807, 2.05) is 13.0 Å². The monoisotopic (exact) mass is 451 g/mol. The first-order valence-corrected chi connectivity index (χ1v) is 9.98. The van der Waals surface area contributed by atoms with Gasteiger partial charge in [-0.2, -0.15) is 13.2 Å². The van der Waals surface area contributed by atoms with Crippen LogP contribution in [0.5, 0.6) is 11.5 Å². The second kappa shape index (κ2) is 9.37. The number of hydrogen-bond donors (Lipinski definition) is 1. The number of anilines is 2. The molecule has 3 aromatic rings. The lowest BCUT2D eigenvalue weighted by Gasteiger charge is -2.13. The number of ether oxygens (including phenoxy) is 3. The zero-order chi connectivity index (χ0) is 23.5. The second-order valence-electron chi connectivity index (χ2n) is 6.93. The molecule has 0 aliphatic carbocycles. The van der Waals surface area contributed by atoms with Gasteiger partial charge >= 0.3 is 12.1 Å². The normalized spacial score (nSPS) is 11.5. The highest BCUT2D eigenvalue weighted by molar-refractivity contribution is 6.01. The molecule has 0 spiro atoms. The maximum Gasteiger partial charge on any atom is 0.422 e. The third-order valence-electron chi connectivity index (χ3n) is 4.73. The number of pyridine rings is 1. The van der Waals surface area contributed by atoms with E-state index < -0.39 is 18.8 Å². The van der Waals surface area contributed by atoms with Crippen LogP contribution >= 0.6 is 0 Å². The van der Waals surface area contributed by atoms with Gasteiger partial charge in [0.1, 0.15) is 11.4 Å². The minimum absolute atomic E-state index is 0.0648. The molecule has 172 valence electrons. The largest absolute Gasteiger partial charge is 0.497 e. The molecule has 0 unspecified atom stereocenters. The fraction of sp³-hybridized carbons (Fsp3) is 0.364.